The first kappa shape index (κ1) is 19.3. The minimum absolute atomic E-state index is 0.455. The SMILES string of the molecule is COc1ccc(OC)c(C=NNC(=O)C(=O)Nc2cccc(Cl)c2C)c1. The van der Waals surface area contributed by atoms with Crippen molar-refractivity contribution < 1.29 is 19.1 Å². The van der Waals surface area contributed by atoms with Crippen LogP contribution in [0.25, 0.3) is 0 Å². The molecule has 0 aromatic heterocycles. The second kappa shape index (κ2) is 8.87. The second-order valence-corrected chi connectivity index (χ2v) is 5.58. The van der Waals surface area contributed by atoms with Gasteiger partial charge in [-0.1, -0.05) is 17.7 Å². The van der Waals surface area contributed by atoms with Gasteiger partial charge in [-0.3, -0.25) is 9.59 Å². The van der Waals surface area contributed by atoms with Crippen LogP contribution in [0.4, 0.5) is 5.69 Å². The number of anilines is 1. The summed E-state index contributed by atoms with van der Waals surface area (Å²) < 4.78 is 10.3. The Hall–Kier alpha value is -3.06. The van der Waals surface area contributed by atoms with E-state index in [-0.39, 0.29) is 0 Å². The molecule has 2 aromatic rings. The normalized spacial score (nSPS) is 10.5. The Morgan fingerprint density at radius 2 is 1.88 bits per heavy atom. The number of hydrogen-bond donors (Lipinski definition) is 2. The zero-order chi connectivity index (χ0) is 19.1. The van der Waals surface area contributed by atoms with Gasteiger partial charge in [0.05, 0.1) is 20.4 Å². The predicted molar refractivity (Wildman–Crippen MR) is 100 cm³/mol. The van der Waals surface area contributed by atoms with Crippen LogP contribution in [-0.4, -0.2) is 32.2 Å². The van der Waals surface area contributed by atoms with Crippen LogP contribution in [0, 0.1) is 6.92 Å². The number of benzene rings is 2. The van der Waals surface area contributed by atoms with Gasteiger partial charge in [0.15, 0.2) is 0 Å². The molecule has 0 heterocycles. The van der Waals surface area contributed by atoms with Gasteiger partial charge >= 0.3 is 11.8 Å². The van der Waals surface area contributed by atoms with Gasteiger partial charge in [0, 0.05) is 16.3 Å². The van der Waals surface area contributed by atoms with Crippen LogP contribution >= 0.6 is 11.6 Å². The number of methoxy groups -OCH3 is 2. The van der Waals surface area contributed by atoms with E-state index in [4.69, 9.17) is 21.1 Å². The Bertz CT molecular complexity index is 852. The molecule has 2 aromatic carbocycles. The van der Waals surface area contributed by atoms with E-state index in [1.54, 1.807) is 43.3 Å². The zero-order valence-corrected chi connectivity index (χ0v) is 15.3. The standard InChI is InChI=1S/C18H18ClN3O4/c1-11-14(19)5-4-6-15(11)21-17(23)18(24)22-20-10-12-9-13(25-2)7-8-16(12)26-3/h4-10H,1-3H3,(H,21,23)(H,22,24). The number of nitrogens with zero attached hydrogens (tertiary/aromatic N) is 1. The van der Waals surface area contributed by atoms with E-state index >= 15 is 0 Å². The molecule has 2 N–H and O–H groups in total. The van der Waals surface area contributed by atoms with Crippen molar-refractivity contribution in [3.63, 3.8) is 0 Å². The van der Waals surface area contributed by atoms with E-state index in [0.29, 0.717) is 33.3 Å². The first-order chi connectivity index (χ1) is 12.5. The molecule has 0 aliphatic rings. The molecule has 8 heteroatoms. The Morgan fingerprint density at radius 1 is 1.12 bits per heavy atom. The Morgan fingerprint density at radius 3 is 2.58 bits per heavy atom. The molecule has 0 fully saturated rings. The molecule has 0 bridgehead atoms. The first-order valence-corrected chi connectivity index (χ1v) is 7.95. The lowest BCUT2D eigenvalue weighted by atomic mass is 10.2. The smallest absolute Gasteiger partial charge is 0.329 e. The molecule has 0 unspecified atom stereocenters. The number of rotatable bonds is 5. The minimum Gasteiger partial charge on any atom is -0.497 e. The summed E-state index contributed by atoms with van der Waals surface area (Å²) in [5.74, 6) is -0.622. The highest BCUT2D eigenvalue weighted by molar-refractivity contribution is 6.40. The maximum absolute atomic E-state index is 12.0. The van der Waals surface area contributed by atoms with E-state index in [2.05, 4.69) is 15.8 Å². The fraction of sp³-hybridized carbons (Fsp3) is 0.167. The van der Waals surface area contributed by atoms with Crippen molar-refractivity contribution in [1.82, 2.24) is 5.43 Å². The van der Waals surface area contributed by atoms with Gasteiger partial charge < -0.3 is 14.8 Å². The number of hydrazone groups is 1. The zero-order valence-electron chi connectivity index (χ0n) is 14.5. The Labute approximate surface area is 155 Å². The second-order valence-electron chi connectivity index (χ2n) is 5.17. The number of amides is 2. The fourth-order valence-corrected chi connectivity index (χ4v) is 2.25. The molecular weight excluding hydrogens is 358 g/mol. The maximum atomic E-state index is 12.0. The highest BCUT2D eigenvalue weighted by Crippen LogP contribution is 2.23. The third kappa shape index (κ3) is 4.73. The lowest BCUT2D eigenvalue weighted by Crippen LogP contribution is -2.32. The van der Waals surface area contributed by atoms with Gasteiger partial charge in [-0.25, -0.2) is 5.43 Å². The van der Waals surface area contributed by atoms with Gasteiger partial charge in [-0.2, -0.15) is 5.10 Å². The number of carbonyl (C=O) groups is 2. The van der Waals surface area contributed by atoms with Gasteiger partial charge in [0.25, 0.3) is 0 Å². The van der Waals surface area contributed by atoms with Crippen LogP contribution < -0.4 is 20.2 Å². The van der Waals surface area contributed by atoms with Crippen LogP contribution in [0.3, 0.4) is 0 Å². The van der Waals surface area contributed by atoms with Crippen molar-refractivity contribution >= 4 is 35.3 Å². The van der Waals surface area contributed by atoms with E-state index in [1.807, 2.05) is 0 Å². The molecule has 0 saturated heterocycles. The van der Waals surface area contributed by atoms with Crippen LogP contribution in [0.1, 0.15) is 11.1 Å². The van der Waals surface area contributed by atoms with Crippen LogP contribution in [0.2, 0.25) is 5.02 Å². The third-order valence-corrected chi connectivity index (χ3v) is 3.94. The quantitative estimate of drug-likeness (QED) is 0.477. The molecule has 26 heavy (non-hydrogen) atoms. The number of carbonyl (C=O) groups excluding carboxylic acids is 2. The molecule has 0 radical (unpaired) electrons. The highest BCUT2D eigenvalue weighted by atomic mass is 35.5. The Balaban J connectivity index is 2.03. The largest absolute Gasteiger partial charge is 0.497 e. The molecule has 2 amide bonds. The highest BCUT2D eigenvalue weighted by Gasteiger charge is 2.14. The van der Waals surface area contributed by atoms with Crippen LogP contribution in [-0.2, 0) is 9.59 Å². The summed E-state index contributed by atoms with van der Waals surface area (Å²) >= 11 is 5.98. The maximum Gasteiger partial charge on any atom is 0.329 e. The lowest BCUT2D eigenvalue weighted by Gasteiger charge is -2.08. The average molecular weight is 376 g/mol. The Kier molecular flexibility index (Phi) is 6.57. The molecule has 0 aliphatic carbocycles. The van der Waals surface area contributed by atoms with E-state index < -0.39 is 11.8 Å². The topological polar surface area (TPSA) is 89.0 Å². The molecule has 0 saturated carbocycles. The molecule has 136 valence electrons. The monoisotopic (exact) mass is 375 g/mol. The van der Waals surface area contributed by atoms with E-state index in [9.17, 15) is 9.59 Å². The molecule has 0 atom stereocenters. The lowest BCUT2D eigenvalue weighted by molar-refractivity contribution is -0.136. The molecular formula is C18H18ClN3O4. The summed E-state index contributed by atoms with van der Waals surface area (Å²) in [6.45, 7) is 1.74. The number of hydrogen-bond acceptors (Lipinski definition) is 5. The van der Waals surface area contributed by atoms with Crippen molar-refractivity contribution in [2.45, 2.75) is 6.92 Å². The van der Waals surface area contributed by atoms with Crippen LogP contribution in [0.15, 0.2) is 41.5 Å². The molecule has 7 nitrogen and oxygen atoms in total. The van der Waals surface area contributed by atoms with Crippen molar-refractivity contribution in [1.29, 1.82) is 0 Å². The summed E-state index contributed by atoms with van der Waals surface area (Å²) in [5, 5.41) is 6.76. The number of nitrogens with one attached hydrogen (secondary N) is 2. The van der Waals surface area contributed by atoms with E-state index in [0.717, 1.165) is 0 Å². The van der Waals surface area contributed by atoms with Gasteiger partial charge in [0.2, 0.25) is 0 Å². The minimum atomic E-state index is -0.914. The van der Waals surface area contributed by atoms with Gasteiger partial charge in [-0.05, 0) is 42.8 Å². The van der Waals surface area contributed by atoms with Gasteiger partial charge in [-0.15, -0.1) is 0 Å². The average Bonchev–Trinajstić information content (AvgIpc) is 2.65. The van der Waals surface area contributed by atoms with Crippen molar-refractivity contribution in [3.8, 4) is 11.5 Å². The summed E-state index contributed by atoms with van der Waals surface area (Å²) in [6, 6.07) is 10.1. The molecule has 0 aliphatic heterocycles. The van der Waals surface area contributed by atoms with Crippen molar-refractivity contribution in [2.24, 2.45) is 5.10 Å². The summed E-state index contributed by atoms with van der Waals surface area (Å²) in [4.78, 5) is 23.8. The summed E-state index contributed by atoms with van der Waals surface area (Å²) in [6.07, 6.45) is 1.36. The fourth-order valence-electron chi connectivity index (χ4n) is 2.07. The first-order valence-electron chi connectivity index (χ1n) is 7.57. The predicted octanol–water partition coefficient (Wildman–Crippen LogP) is 2.75. The van der Waals surface area contributed by atoms with Crippen molar-refractivity contribution in [3.05, 3.63) is 52.5 Å². The van der Waals surface area contributed by atoms with Gasteiger partial charge in [0.1, 0.15) is 11.5 Å². The number of ether oxygens (including phenoxy) is 2. The van der Waals surface area contributed by atoms with E-state index in [1.165, 1.54) is 20.4 Å². The van der Waals surface area contributed by atoms with Crippen molar-refractivity contribution in [2.75, 3.05) is 19.5 Å². The molecule has 2 rings (SSSR count). The molecule has 0 spiro atoms. The third-order valence-electron chi connectivity index (χ3n) is 3.53. The number of halogens is 1. The summed E-state index contributed by atoms with van der Waals surface area (Å²) in [7, 11) is 3.05. The van der Waals surface area contributed by atoms with Crippen LogP contribution in [0.5, 0.6) is 11.5 Å². The summed E-state index contributed by atoms with van der Waals surface area (Å²) in [5.41, 5.74) is 3.87.